The van der Waals surface area contributed by atoms with Gasteiger partial charge in [-0.3, -0.25) is 4.68 Å². The minimum absolute atomic E-state index is 0. The first-order valence-corrected chi connectivity index (χ1v) is 4.63. The van der Waals surface area contributed by atoms with Gasteiger partial charge in [0.2, 0.25) is 0 Å². The molecule has 2 N–H and O–H groups in total. The molecule has 1 aromatic heterocycles. The molecule has 1 atom stereocenters. The highest BCUT2D eigenvalue weighted by atomic mass is 19.4. The van der Waals surface area contributed by atoms with Gasteiger partial charge < -0.3 is 5.73 Å². The largest absolute Gasteiger partial charge is 0.394 e. The molecular formula is C8H17F3N4. The van der Waals surface area contributed by atoms with Crippen molar-refractivity contribution in [1.82, 2.24) is 14.8 Å². The minimum Gasteiger partial charge on any atom is -0.330 e. The molecule has 1 aromatic rings. The molecule has 0 aromatic carbocycles. The van der Waals surface area contributed by atoms with E-state index in [2.05, 4.69) is 10.1 Å². The van der Waals surface area contributed by atoms with Crippen LogP contribution in [0.1, 0.15) is 15.3 Å². The van der Waals surface area contributed by atoms with Crippen molar-refractivity contribution in [2.75, 3.05) is 6.54 Å². The van der Waals surface area contributed by atoms with Gasteiger partial charge in [-0.1, -0.05) is 13.8 Å². The van der Waals surface area contributed by atoms with Gasteiger partial charge in [-0.2, -0.15) is 18.3 Å². The Morgan fingerprint density at radius 3 is 2.40 bits per heavy atom. The van der Waals surface area contributed by atoms with Crippen LogP contribution >= 0.6 is 0 Å². The summed E-state index contributed by atoms with van der Waals surface area (Å²) in [6, 6.07) is 0. The standard InChI is InChI=1S/C6H9F3N4.C2H6.H2/c7-6(8,9)5(1-10)2-13-4-11-3-12-13;1-2;/h3-5H,1-2,10H2;1-2H3;1H. The van der Waals surface area contributed by atoms with Gasteiger partial charge in [0, 0.05) is 7.97 Å². The van der Waals surface area contributed by atoms with Gasteiger partial charge in [-0.15, -0.1) is 0 Å². The zero-order valence-electron chi connectivity index (χ0n) is 8.70. The number of aromatic nitrogens is 3. The van der Waals surface area contributed by atoms with Gasteiger partial charge in [-0.25, -0.2) is 4.98 Å². The second kappa shape index (κ2) is 6.39. The molecule has 0 aliphatic carbocycles. The second-order valence-corrected chi connectivity index (χ2v) is 2.59. The lowest BCUT2D eigenvalue weighted by atomic mass is 10.1. The monoisotopic (exact) mass is 226 g/mol. The Morgan fingerprint density at radius 1 is 1.47 bits per heavy atom. The number of rotatable bonds is 3. The Labute approximate surface area is 87.8 Å². The molecule has 15 heavy (non-hydrogen) atoms. The summed E-state index contributed by atoms with van der Waals surface area (Å²) in [4.78, 5) is 3.54. The smallest absolute Gasteiger partial charge is 0.330 e. The van der Waals surface area contributed by atoms with E-state index >= 15 is 0 Å². The summed E-state index contributed by atoms with van der Waals surface area (Å²) in [5.74, 6) is -1.56. The van der Waals surface area contributed by atoms with Crippen LogP contribution in [-0.4, -0.2) is 27.5 Å². The molecule has 0 amide bonds. The fourth-order valence-electron chi connectivity index (χ4n) is 0.864. The first-order valence-electron chi connectivity index (χ1n) is 4.63. The zero-order chi connectivity index (χ0) is 11.9. The molecule has 0 aliphatic heterocycles. The number of nitrogens with two attached hydrogens (primary N) is 1. The lowest BCUT2D eigenvalue weighted by Crippen LogP contribution is -2.33. The van der Waals surface area contributed by atoms with Gasteiger partial charge >= 0.3 is 6.18 Å². The molecule has 0 aliphatic rings. The van der Waals surface area contributed by atoms with Crippen LogP contribution in [0.25, 0.3) is 0 Å². The molecule has 1 unspecified atom stereocenters. The molecule has 90 valence electrons. The van der Waals surface area contributed by atoms with Gasteiger partial charge in [0.05, 0.1) is 12.5 Å². The molecule has 0 radical (unpaired) electrons. The summed E-state index contributed by atoms with van der Waals surface area (Å²) < 4.78 is 37.6. The normalized spacial score (nSPS) is 12.9. The first kappa shape index (κ1) is 13.9. The summed E-state index contributed by atoms with van der Waals surface area (Å²) in [5.41, 5.74) is 4.99. The average Bonchev–Trinajstić information content (AvgIpc) is 2.68. The lowest BCUT2D eigenvalue weighted by Gasteiger charge is -2.17. The third kappa shape index (κ3) is 4.78. The third-order valence-corrected chi connectivity index (χ3v) is 1.62. The highest BCUT2D eigenvalue weighted by Crippen LogP contribution is 2.26. The molecular weight excluding hydrogens is 209 g/mol. The van der Waals surface area contributed by atoms with Gasteiger partial charge in [0.25, 0.3) is 0 Å². The van der Waals surface area contributed by atoms with E-state index in [1.165, 1.54) is 12.7 Å². The van der Waals surface area contributed by atoms with E-state index in [0.29, 0.717) is 0 Å². The maximum atomic E-state index is 12.2. The Balaban J connectivity index is 0. The average molecular weight is 226 g/mol. The van der Waals surface area contributed by atoms with Crippen molar-refractivity contribution in [2.45, 2.75) is 26.6 Å². The van der Waals surface area contributed by atoms with Crippen molar-refractivity contribution >= 4 is 0 Å². The molecule has 1 rings (SSSR count). The Morgan fingerprint density at radius 2 is 2.07 bits per heavy atom. The predicted molar refractivity (Wildman–Crippen MR) is 52.1 cm³/mol. The lowest BCUT2D eigenvalue weighted by molar-refractivity contribution is -0.175. The van der Waals surface area contributed by atoms with Crippen LogP contribution in [0, 0.1) is 5.92 Å². The minimum atomic E-state index is -4.28. The highest BCUT2D eigenvalue weighted by molar-refractivity contribution is 4.69. The number of alkyl halides is 3. The van der Waals surface area contributed by atoms with E-state index in [0.717, 1.165) is 4.68 Å². The van der Waals surface area contributed by atoms with Crippen LogP contribution < -0.4 is 5.73 Å². The number of nitrogens with zero attached hydrogens (tertiary/aromatic N) is 3. The molecule has 1 heterocycles. The van der Waals surface area contributed by atoms with E-state index in [1.807, 2.05) is 13.8 Å². The maximum Gasteiger partial charge on any atom is 0.394 e. The van der Waals surface area contributed by atoms with Crippen molar-refractivity contribution < 1.29 is 14.6 Å². The molecule has 0 bridgehead atoms. The van der Waals surface area contributed by atoms with E-state index in [1.54, 1.807) is 0 Å². The van der Waals surface area contributed by atoms with Crippen LogP contribution in [0.5, 0.6) is 0 Å². The fourth-order valence-corrected chi connectivity index (χ4v) is 0.864. The molecule has 4 nitrogen and oxygen atoms in total. The van der Waals surface area contributed by atoms with Crippen LogP contribution in [-0.2, 0) is 6.54 Å². The maximum absolute atomic E-state index is 12.2. The van der Waals surface area contributed by atoms with Crippen LogP contribution in [0.4, 0.5) is 13.2 Å². The van der Waals surface area contributed by atoms with Crippen LogP contribution in [0.3, 0.4) is 0 Å². The van der Waals surface area contributed by atoms with Gasteiger partial charge in [-0.05, 0) is 0 Å². The van der Waals surface area contributed by atoms with E-state index in [4.69, 9.17) is 5.73 Å². The van der Waals surface area contributed by atoms with Crippen molar-refractivity contribution in [2.24, 2.45) is 11.7 Å². The molecule has 0 saturated carbocycles. The van der Waals surface area contributed by atoms with Gasteiger partial charge in [0.1, 0.15) is 12.7 Å². The summed E-state index contributed by atoms with van der Waals surface area (Å²) >= 11 is 0. The molecule has 7 heteroatoms. The topological polar surface area (TPSA) is 56.7 Å². The van der Waals surface area contributed by atoms with E-state index in [-0.39, 0.29) is 7.97 Å². The van der Waals surface area contributed by atoms with Crippen molar-refractivity contribution in [3.63, 3.8) is 0 Å². The van der Waals surface area contributed by atoms with Crippen molar-refractivity contribution in [1.29, 1.82) is 0 Å². The van der Waals surface area contributed by atoms with Gasteiger partial charge in [0.15, 0.2) is 0 Å². The summed E-state index contributed by atoms with van der Waals surface area (Å²) in [6.07, 6.45) is -1.86. The Bertz CT molecular complexity index is 250. The predicted octanol–water partition coefficient (Wildman–Crippen LogP) is 1.69. The van der Waals surface area contributed by atoms with E-state index in [9.17, 15) is 13.2 Å². The SMILES string of the molecule is CC.NCC(Cn1cncn1)C(F)(F)F.[HH]. The van der Waals surface area contributed by atoms with Crippen molar-refractivity contribution in [3.05, 3.63) is 12.7 Å². The third-order valence-electron chi connectivity index (χ3n) is 1.62. The van der Waals surface area contributed by atoms with Crippen molar-refractivity contribution in [3.8, 4) is 0 Å². The Hall–Kier alpha value is -1.11. The zero-order valence-corrected chi connectivity index (χ0v) is 8.70. The number of hydrogen-bond acceptors (Lipinski definition) is 3. The summed E-state index contributed by atoms with van der Waals surface area (Å²) in [7, 11) is 0. The highest BCUT2D eigenvalue weighted by Gasteiger charge is 2.38. The van der Waals surface area contributed by atoms with E-state index < -0.39 is 18.6 Å². The Kier molecular flexibility index (Phi) is 5.92. The molecule has 0 spiro atoms. The quantitative estimate of drug-likeness (QED) is 0.853. The fraction of sp³-hybridized carbons (Fsp3) is 0.750. The van der Waals surface area contributed by atoms with Crippen LogP contribution in [0.2, 0.25) is 0 Å². The molecule has 0 fully saturated rings. The summed E-state index contributed by atoms with van der Waals surface area (Å²) in [6.45, 7) is 3.28. The second-order valence-electron chi connectivity index (χ2n) is 2.59. The number of halogens is 3. The number of hydrogen-bond donors (Lipinski definition) is 1. The van der Waals surface area contributed by atoms with Crippen LogP contribution in [0.15, 0.2) is 12.7 Å². The molecule has 0 saturated heterocycles. The first-order chi connectivity index (χ1) is 7.04. The summed E-state index contributed by atoms with van der Waals surface area (Å²) in [5, 5.41) is 3.57.